The Morgan fingerprint density at radius 2 is 2.10 bits per heavy atom. The third kappa shape index (κ3) is 3.33. The Bertz CT molecular complexity index is 114. The van der Waals surface area contributed by atoms with Crippen LogP contribution in [0.1, 0.15) is 27.2 Å². The molecule has 0 atom stereocenters. The zero-order valence-corrected chi connectivity index (χ0v) is 7.17. The van der Waals surface area contributed by atoms with Crippen LogP contribution in [0.3, 0.4) is 0 Å². The van der Waals surface area contributed by atoms with Gasteiger partial charge >= 0.3 is 0 Å². The molecule has 1 heteroatoms. The van der Waals surface area contributed by atoms with E-state index in [4.69, 9.17) is 0 Å². The van der Waals surface area contributed by atoms with Gasteiger partial charge in [0.25, 0.3) is 0 Å². The molecule has 0 radical (unpaired) electrons. The van der Waals surface area contributed by atoms with Gasteiger partial charge < -0.3 is 4.90 Å². The number of hydrogen-bond acceptors (Lipinski definition) is 1. The van der Waals surface area contributed by atoms with Gasteiger partial charge in [-0.3, -0.25) is 0 Å². The van der Waals surface area contributed by atoms with Gasteiger partial charge in [-0.1, -0.05) is 19.6 Å². The van der Waals surface area contributed by atoms with Crippen molar-refractivity contribution in [2.24, 2.45) is 0 Å². The van der Waals surface area contributed by atoms with E-state index in [2.05, 4.69) is 44.5 Å². The Labute approximate surface area is 64.0 Å². The maximum Gasteiger partial charge on any atom is 0.0273 e. The van der Waals surface area contributed by atoms with Crippen molar-refractivity contribution in [2.75, 3.05) is 0 Å². The lowest BCUT2D eigenvalue weighted by atomic mass is 10.3. The first-order valence-electron chi connectivity index (χ1n) is 3.79. The molecule has 0 aliphatic carbocycles. The number of allylic oxidation sites excluding steroid dienone is 1. The van der Waals surface area contributed by atoms with Gasteiger partial charge in [-0.2, -0.15) is 0 Å². The SMILES string of the molecule is C=CN(C=CCC)C(C)C. The summed E-state index contributed by atoms with van der Waals surface area (Å²) in [4.78, 5) is 2.09. The van der Waals surface area contributed by atoms with E-state index < -0.39 is 0 Å². The highest BCUT2D eigenvalue weighted by atomic mass is 15.1. The van der Waals surface area contributed by atoms with Crippen LogP contribution in [0, 0.1) is 0 Å². The Kier molecular flexibility index (Phi) is 4.73. The van der Waals surface area contributed by atoms with Gasteiger partial charge in [0.15, 0.2) is 0 Å². The van der Waals surface area contributed by atoms with Crippen LogP contribution in [0.25, 0.3) is 0 Å². The summed E-state index contributed by atoms with van der Waals surface area (Å²) in [6, 6.07) is 0.514. The van der Waals surface area contributed by atoms with Crippen LogP contribution in [0.15, 0.2) is 25.1 Å². The highest BCUT2D eigenvalue weighted by Gasteiger charge is 1.96. The molecular weight excluding hydrogens is 122 g/mol. The molecule has 10 heavy (non-hydrogen) atoms. The quantitative estimate of drug-likeness (QED) is 0.579. The third-order valence-electron chi connectivity index (χ3n) is 1.32. The second-order valence-electron chi connectivity index (χ2n) is 2.52. The molecule has 0 aromatic rings. The van der Waals surface area contributed by atoms with E-state index in [1.165, 1.54) is 0 Å². The van der Waals surface area contributed by atoms with Crippen molar-refractivity contribution in [3.8, 4) is 0 Å². The van der Waals surface area contributed by atoms with Gasteiger partial charge in [0.05, 0.1) is 0 Å². The first-order valence-corrected chi connectivity index (χ1v) is 3.79. The van der Waals surface area contributed by atoms with Gasteiger partial charge in [-0.15, -0.1) is 0 Å². The first-order chi connectivity index (χ1) is 4.72. The highest BCUT2D eigenvalue weighted by Crippen LogP contribution is 1.99. The lowest BCUT2D eigenvalue weighted by molar-refractivity contribution is 0.417. The molecule has 0 aromatic carbocycles. The van der Waals surface area contributed by atoms with Crippen LogP contribution < -0.4 is 0 Å². The van der Waals surface area contributed by atoms with E-state index in [0.717, 1.165) is 6.42 Å². The summed E-state index contributed by atoms with van der Waals surface area (Å²) in [5.41, 5.74) is 0. The summed E-state index contributed by atoms with van der Waals surface area (Å²) in [7, 11) is 0. The molecule has 0 heterocycles. The molecule has 0 saturated carbocycles. The minimum Gasteiger partial charge on any atom is -0.353 e. The van der Waals surface area contributed by atoms with E-state index >= 15 is 0 Å². The van der Waals surface area contributed by atoms with Crippen molar-refractivity contribution >= 4 is 0 Å². The summed E-state index contributed by atoms with van der Waals surface area (Å²) in [6.45, 7) is 10.1. The van der Waals surface area contributed by atoms with Crippen molar-refractivity contribution in [2.45, 2.75) is 33.2 Å². The molecular formula is C9H17N. The standard InChI is InChI=1S/C9H17N/c1-5-7-8-10(6-2)9(3)4/h6-9H,2,5H2,1,3-4H3. The van der Waals surface area contributed by atoms with Crippen LogP contribution in [0.2, 0.25) is 0 Å². The average Bonchev–Trinajstić information content (AvgIpc) is 1.89. The first kappa shape index (κ1) is 9.28. The number of rotatable bonds is 4. The van der Waals surface area contributed by atoms with Crippen molar-refractivity contribution in [1.82, 2.24) is 4.90 Å². The van der Waals surface area contributed by atoms with E-state index in [9.17, 15) is 0 Å². The average molecular weight is 139 g/mol. The molecule has 0 rings (SSSR count). The van der Waals surface area contributed by atoms with Crippen molar-refractivity contribution in [3.63, 3.8) is 0 Å². The summed E-state index contributed by atoms with van der Waals surface area (Å²) >= 11 is 0. The molecule has 0 aromatic heterocycles. The smallest absolute Gasteiger partial charge is 0.0273 e. The summed E-state index contributed by atoms with van der Waals surface area (Å²) in [6.07, 6.45) is 7.12. The van der Waals surface area contributed by atoms with Gasteiger partial charge in [0.2, 0.25) is 0 Å². The maximum atomic E-state index is 3.71. The lowest BCUT2D eigenvalue weighted by Gasteiger charge is -2.19. The van der Waals surface area contributed by atoms with E-state index in [-0.39, 0.29) is 0 Å². The minimum atomic E-state index is 0.514. The number of hydrogen-bond donors (Lipinski definition) is 0. The highest BCUT2D eigenvalue weighted by molar-refractivity contribution is 4.89. The fraction of sp³-hybridized carbons (Fsp3) is 0.556. The molecule has 0 fully saturated rings. The molecule has 0 aliphatic rings. The van der Waals surface area contributed by atoms with E-state index in [1.807, 2.05) is 6.20 Å². The molecule has 0 unspecified atom stereocenters. The zero-order chi connectivity index (χ0) is 7.98. The van der Waals surface area contributed by atoms with Gasteiger partial charge in [0, 0.05) is 6.04 Å². The second-order valence-corrected chi connectivity index (χ2v) is 2.52. The van der Waals surface area contributed by atoms with Crippen molar-refractivity contribution < 1.29 is 0 Å². The van der Waals surface area contributed by atoms with Crippen LogP contribution in [-0.4, -0.2) is 10.9 Å². The summed E-state index contributed by atoms with van der Waals surface area (Å²) in [5, 5.41) is 0. The van der Waals surface area contributed by atoms with Crippen LogP contribution in [0.5, 0.6) is 0 Å². The largest absolute Gasteiger partial charge is 0.353 e. The van der Waals surface area contributed by atoms with Gasteiger partial charge in [0.1, 0.15) is 0 Å². The molecule has 0 bridgehead atoms. The molecule has 0 amide bonds. The fourth-order valence-electron chi connectivity index (χ4n) is 0.671. The Hall–Kier alpha value is -0.720. The topological polar surface area (TPSA) is 3.24 Å². The zero-order valence-electron chi connectivity index (χ0n) is 7.17. The van der Waals surface area contributed by atoms with Gasteiger partial charge in [-0.25, -0.2) is 0 Å². The molecule has 0 aliphatic heterocycles. The van der Waals surface area contributed by atoms with Gasteiger partial charge in [-0.05, 0) is 32.7 Å². The maximum absolute atomic E-state index is 3.71. The lowest BCUT2D eigenvalue weighted by Crippen LogP contribution is -2.18. The second kappa shape index (κ2) is 5.10. The number of nitrogens with zero attached hydrogens (tertiary/aromatic N) is 1. The van der Waals surface area contributed by atoms with E-state index in [1.54, 1.807) is 0 Å². The molecule has 1 nitrogen and oxygen atoms in total. The van der Waals surface area contributed by atoms with Crippen molar-refractivity contribution in [1.29, 1.82) is 0 Å². The third-order valence-corrected chi connectivity index (χ3v) is 1.32. The normalized spacial score (nSPS) is 10.8. The van der Waals surface area contributed by atoms with Crippen LogP contribution in [-0.2, 0) is 0 Å². The Morgan fingerprint density at radius 3 is 2.40 bits per heavy atom. The Morgan fingerprint density at radius 1 is 1.50 bits per heavy atom. The monoisotopic (exact) mass is 139 g/mol. The molecule has 0 N–H and O–H groups in total. The molecule has 58 valence electrons. The fourth-order valence-corrected chi connectivity index (χ4v) is 0.671. The minimum absolute atomic E-state index is 0.514. The Balaban J connectivity index is 3.82. The molecule has 0 saturated heterocycles. The van der Waals surface area contributed by atoms with Crippen molar-refractivity contribution in [3.05, 3.63) is 25.1 Å². The summed E-state index contributed by atoms with van der Waals surface area (Å²) < 4.78 is 0. The summed E-state index contributed by atoms with van der Waals surface area (Å²) in [5.74, 6) is 0. The van der Waals surface area contributed by atoms with E-state index in [0.29, 0.717) is 6.04 Å². The predicted octanol–water partition coefficient (Wildman–Crippen LogP) is 2.76. The molecule has 0 spiro atoms. The van der Waals surface area contributed by atoms with Crippen LogP contribution >= 0.6 is 0 Å². The predicted molar refractivity (Wildman–Crippen MR) is 46.6 cm³/mol. The van der Waals surface area contributed by atoms with Crippen LogP contribution in [0.4, 0.5) is 0 Å².